The second-order valence-electron chi connectivity index (χ2n) is 3.55. The van der Waals surface area contributed by atoms with Crippen molar-refractivity contribution in [1.29, 1.82) is 0 Å². The summed E-state index contributed by atoms with van der Waals surface area (Å²) in [4.78, 5) is 4.42. The number of benzene rings is 1. The van der Waals surface area contributed by atoms with Gasteiger partial charge in [0.15, 0.2) is 0 Å². The summed E-state index contributed by atoms with van der Waals surface area (Å²) in [5, 5.41) is 0. The van der Waals surface area contributed by atoms with Gasteiger partial charge in [0.05, 0.1) is 11.4 Å². The molecule has 3 heteroatoms. The maximum absolute atomic E-state index is 13.2. The minimum Gasteiger partial charge on any atom is -0.252 e. The Morgan fingerprint density at radius 2 is 2.20 bits per heavy atom. The van der Waals surface area contributed by atoms with Crippen LogP contribution in [0.15, 0.2) is 39.8 Å². The van der Waals surface area contributed by atoms with Crippen molar-refractivity contribution in [3.05, 3.63) is 46.2 Å². The molecule has 2 aliphatic rings. The lowest BCUT2D eigenvalue weighted by molar-refractivity contribution is 0.627. The smallest absolute Gasteiger partial charge is 0.126 e. The summed E-state index contributed by atoms with van der Waals surface area (Å²) >= 11 is 3.38. The first-order valence-electron chi connectivity index (χ1n) is 4.70. The maximum Gasteiger partial charge on any atom is 0.126 e. The molecule has 0 N–H and O–H groups in total. The molecule has 0 aromatic heterocycles. The number of allylic oxidation sites excluding steroid dienone is 4. The van der Waals surface area contributed by atoms with E-state index in [-0.39, 0.29) is 5.82 Å². The molecule has 1 aromatic rings. The van der Waals surface area contributed by atoms with E-state index in [1.165, 1.54) is 12.1 Å². The molecule has 0 amide bonds. The van der Waals surface area contributed by atoms with E-state index in [4.69, 9.17) is 0 Å². The number of fused-ring (bicyclic) bond motifs is 3. The lowest BCUT2D eigenvalue weighted by Gasteiger charge is -2.07. The fourth-order valence-electron chi connectivity index (χ4n) is 1.94. The van der Waals surface area contributed by atoms with Crippen molar-refractivity contribution in [2.75, 3.05) is 0 Å². The molecule has 74 valence electrons. The lowest BCUT2D eigenvalue weighted by Crippen LogP contribution is -1.98. The number of nitrogens with zero attached hydrogens (tertiary/aromatic N) is 1. The molecule has 0 atom stereocenters. The summed E-state index contributed by atoms with van der Waals surface area (Å²) in [7, 11) is 0. The van der Waals surface area contributed by atoms with Gasteiger partial charge in [-0.1, -0.05) is 18.2 Å². The lowest BCUT2D eigenvalue weighted by atomic mass is 9.97. The molecule has 0 saturated carbocycles. The zero-order valence-corrected chi connectivity index (χ0v) is 9.38. The molecule has 1 heterocycles. The number of halogens is 2. The van der Waals surface area contributed by atoms with Crippen LogP contribution in [-0.2, 0) is 0 Å². The third-order valence-electron chi connectivity index (χ3n) is 2.58. The van der Waals surface area contributed by atoms with Gasteiger partial charge in [-0.3, -0.25) is 4.99 Å². The van der Waals surface area contributed by atoms with Crippen LogP contribution < -0.4 is 0 Å². The van der Waals surface area contributed by atoms with Crippen LogP contribution in [0, 0.1) is 5.82 Å². The average Bonchev–Trinajstić information content (AvgIpc) is 2.54. The normalized spacial score (nSPS) is 16.9. The van der Waals surface area contributed by atoms with E-state index in [1.807, 2.05) is 12.2 Å². The van der Waals surface area contributed by atoms with Gasteiger partial charge < -0.3 is 0 Å². The fourth-order valence-corrected chi connectivity index (χ4v) is 2.58. The van der Waals surface area contributed by atoms with Crippen molar-refractivity contribution in [1.82, 2.24) is 0 Å². The molecule has 0 spiro atoms. The Balaban J connectivity index is 2.29. The molecule has 1 aliphatic heterocycles. The number of aliphatic imine (C=N–C) groups is 1. The quantitative estimate of drug-likeness (QED) is 0.671. The third kappa shape index (κ3) is 1.30. The molecule has 0 unspecified atom stereocenters. The number of hydrogen-bond acceptors (Lipinski definition) is 1. The van der Waals surface area contributed by atoms with Crippen molar-refractivity contribution >= 4 is 32.9 Å². The Kier molecular flexibility index (Phi) is 1.89. The van der Waals surface area contributed by atoms with E-state index in [1.54, 1.807) is 0 Å². The molecule has 0 fully saturated rings. The highest BCUT2D eigenvalue weighted by atomic mass is 79.9. The van der Waals surface area contributed by atoms with Crippen LogP contribution in [0.25, 0.3) is 5.57 Å². The standard InChI is InChI=1S/C12H7BrFN/c13-9-5-7(14)6-11-12(9)8-3-1-2-4-10(8)15-11/h1-3,5-6H,4H2. The first-order chi connectivity index (χ1) is 7.25. The van der Waals surface area contributed by atoms with Crippen LogP contribution in [0.2, 0.25) is 0 Å². The Morgan fingerprint density at radius 3 is 3.07 bits per heavy atom. The molecule has 0 radical (unpaired) electrons. The van der Waals surface area contributed by atoms with Crippen molar-refractivity contribution in [2.24, 2.45) is 4.99 Å². The maximum atomic E-state index is 13.2. The molecule has 1 aliphatic carbocycles. The molecule has 0 saturated heterocycles. The molecular weight excluding hydrogens is 257 g/mol. The van der Waals surface area contributed by atoms with Crippen LogP contribution in [0.5, 0.6) is 0 Å². The Morgan fingerprint density at radius 1 is 1.33 bits per heavy atom. The van der Waals surface area contributed by atoms with Gasteiger partial charge in [0, 0.05) is 28.1 Å². The zero-order chi connectivity index (χ0) is 10.4. The highest BCUT2D eigenvalue weighted by Crippen LogP contribution is 2.42. The first-order valence-corrected chi connectivity index (χ1v) is 5.49. The molecule has 1 aromatic carbocycles. The van der Waals surface area contributed by atoms with Gasteiger partial charge in [0.1, 0.15) is 5.82 Å². The van der Waals surface area contributed by atoms with Gasteiger partial charge in [-0.05, 0) is 22.0 Å². The zero-order valence-electron chi connectivity index (χ0n) is 7.80. The van der Waals surface area contributed by atoms with Gasteiger partial charge >= 0.3 is 0 Å². The third-order valence-corrected chi connectivity index (χ3v) is 3.21. The summed E-state index contributed by atoms with van der Waals surface area (Å²) in [6.07, 6.45) is 6.92. The van der Waals surface area contributed by atoms with E-state index in [0.717, 1.165) is 33.4 Å². The summed E-state index contributed by atoms with van der Waals surface area (Å²) in [5.74, 6) is -0.253. The Labute approximate surface area is 95.2 Å². The van der Waals surface area contributed by atoms with Crippen molar-refractivity contribution in [3.8, 4) is 0 Å². The highest BCUT2D eigenvalue weighted by Gasteiger charge is 2.24. The molecule has 3 rings (SSSR count). The Hall–Kier alpha value is -1.22. The van der Waals surface area contributed by atoms with Gasteiger partial charge in [0.25, 0.3) is 0 Å². The minimum absolute atomic E-state index is 0.253. The van der Waals surface area contributed by atoms with E-state index >= 15 is 0 Å². The summed E-state index contributed by atoms with van der Waals surface area (Å²) < 4.78 is 13.9. The van der Waals surface area contributed by atoms with Crippen molar-refractivity contribution in [3.63, 3.8) is 0 Å². The summed E-state index contributed by atoms with van der Waals surface area (Å²) in [6, 6.07) is 2.96. The fraction of sp³-hybridized carbons (Fsp3) is 0.0833. The Bertz CT molecular complexity index is 541. The predicted molar refractivity (Wildman–Crippen MR) is 62.9 cm³/mol. The van der Waals surface area contributed by atoms with Crippen LogP contribution >= 0.6 is 15.9 Å². The van der Waals surface area contributed by atoms with Gasteiger partial charge in [0.2, 0.25) is 0 Å². The van der Waals surface area contributed by atoms with Crippen LogP contribution in [0.3, 0.4) is 0 Å². The molecular formula is C12H7BrFN. The van der Waals surface area contributed by atoms with E-state index in [2.05, 4.69) is 27.0 Å². The van der Waals surface area contributed by atoms with E-state index in [9.17, 15) is 4.39 Å². The summed E-state index contributed by atoms with van der Waals surface area (Å²) in [5.41, 5.74) is 3.88. The van der Waals surface area contributed by atoms with Crippen molar-refractivity contribution < 1.29 is 4.39 Å². The SMILES string of the molecule is Fc1cc(Br)c2c(c1)N=C1CC=CC=C12. The van der Waals surface area contributed by atoms with Crippen LogP contribution in [0.4, 0.5) is 10.1 Å². The molecule has 1 nitrogen and oxygen atoms in total. The summed E-state index contributed by atoms with van der Waals surface area (Å²) in [6.45, 7) is 0. The second kappa shape index (κ2) is 3.14. The monoisotopic (exact) mass is 263 g/mol. The van der Waals surface area contributed by atoms with Gasteiger partial charge in [-0.25, -0.2) is 4.39 Å². The van der Waals surface area contributed by atoms with E-state index in [0.29, 0.717) is 0 Å². The first kappa shape index (κ1) is 9.04. The average molecular weight is 264 g/mol. The van der Waals surface area contributed by atoms with Crippen molar-refractivity contribution in [2.45, 2.75) is 6.42 Å². The number of rotatable bonds is 0. The molecule has 0 bridgehead atoms. The second-order valence-corrected chi connectivity index (χ2v) is 4.41. The van der Waals surface area contributed by atoms with Gasteiger partial charge in [-0.15, -0.1) is 0 Å². The van der Waals surface area contributed by atoms with Crippen LogP contribution in [0.1, 0.15) is 12.0 Å². The van der Waals surface area contributed by atoms with Crippen LogP contribution in [-0.4, -0.2) is 5.71 Å². The largest absolute Gasteiger partial charge is 0.252 e. The van der Waals surface area contributed by atoms with E-state index < -0.39 is 0 Å². The topological polar surface area (TPSA) is 12.4 Å². The van der Waals surface area contributed by atoms with Gasteiger partial charge in [-0.2, -0.15) is 0 Å². The predicted octanol–water partition coefficient (Wildman–Crippen LogP) is 4.02. The highest BCUT2D eigenvalue weighted by molar-refractivity contribution is 9.10. The minimum atomic E-state index is -0.253. The number of hydrogen-bond donors (Lipinski definition) is 0. The molecule has 15 heavy (non-hydrogen) atoms.